The third kappa shape index (κ3) is 3.61. The molecule has 1 aromatic heterocycles. The van der Waals surface area contributed by atoms with Crippen LogP contribution in [0.25, 0.3) is 0 Å². The van der Waals surface area contributed by atoms with Gasteiger partial charge in [0, 0.05) is 24.2 Å². The number of hydrogen-bond acceptors (Lipinski definition) is 5. The zero-order valence-electron chi connectivity index (χ0n) is 8.95. The van der Waals surface area contributed by atoms with Gasteiger partial charge >= 0.3 is 0 Å². The third-order valence-corrected chi connectivity index (χ3v) is 2.69. The smallest absolute Gasteiger partial charge is 0.197 e. The van der Waals surface area contributed by atoms with E-state index in [0.29, 0.717) is 5.92 Å². The van der Waals surface area contributed by atoms with Crippen LogP contribution in [0, 0.1) is 5.92 Å². The predicted molar refractivity (Wildman–Crippen MR) is 61.1 cm³/mol. The van der Waals surface area contributed by atoms with Gasteiger partial charge in [0.1, 0.15) is 0 Å². The van der Waals surface area contributed by atoms with E-state index < -0.39 is 0 Å². The highest BCUT2D eigenvalue weighted by Gasteiger charge is 2.05. The van der Waals surface area contributed by atoms with E-state index in [0.717, 1.165) is 18.2 Å². The summed E-state index contributed by atoms with van der Waals surface area (Å²) < 4.78 is 0. The van der Waals surface area contributed by atoms with Crippen molar-refractivity contribution in [3.8, 4) is 0 Å². The topological polar surface area (TPSA) is 54.2 Å². The quantitative estimate of drug-likeness (QED) is 0.576. The normalized spacial score (nSPS) is 11.3. The van der Waals surface area contributed by atoms with Crippen LogP contribution in [-0.4, -0.2) is 23.5 Å². The lowest BCUT2D eigenvalue weighted by molar-refractivity contribution is 0.290. The molecule has 0 fully saturated rings. The van der Waals surface area contributed by atoms with Crippen LogP contribution < -0.4 is 11.3 Å². The molecule has 0 aliphatic rings. The van der Waals surface area contributed by atoms with Gasteiger partial charge in [-0.15, -0.1) is 0 Å². The molecule has 4 nitrogen and oxygen atoms in total. The van der Waals surface area contributed by atoms with E-state index in [1.54, 1.807) is 11.3 Å². The van der Waals surface area contributed by atoms with E-state index in [1.807, 2.05) is 6.20 Å². The Bertz CT molecular complexity index is 272. The lowest BCUT2D eigenvalue weighted by atomic mass is 10.2. The molecule has 1 rings (SSSR count). The molecule has 0 aromatic carbocycles. The zero-order valence-corrected chi connectivity index (χ0v) is 9.77. The van der Waals surface area contributed by atoms with Crippen molar-refractivity contribution in [2.24, 2.45) is 11.8 Å². The first-order valence-electron chi connectivity index (χ1n) is 4.71. The highest BCUT2D eigenvalue weighted by molar-refractivity contribution is 7.15. The monoisotopic (exact) mass is 214 g/mol. The van der Waals surface area contributed by atoms with Crippen LogP contribution >= 0.6 is 11.3 Å². The van der Waals surface area contributed by atoms with Gasteiger partial charge in [-0.3, -0.25) is 5.43 Å². The summed E-state index contributed by atoms with van der Waals surface area (Å²) in [6.45, 7) is 6.48. The van der Waals surface area contributed by atoms with Crippen molar-refractivity contribution in [3.05, 3.63) is 11.1 Å². The average molecular weight is 214 g/mol. The molecule has 0 bridgehead atoms. The van der Waals surface area contributed by atoms with E-state index in [4.69, 9.17) is 5.84 Å². The minimum absolute atomic E-state index is 0.694. The van der Waals surface area contributed by atoms with Gasteiger partial charge in [-0.25, -0.2) is 10.8 Å². The lowest BCUT2D eigenvalue weighted by Crippen LogP contribution is -2.22. The molecule has 5 heteroatoms. The maximum absolute atomic E-state index is 5.26. The molecular weight excluding hydrogens is 196 g/mol. The Labute approximate surface area is 89.1 Å². The Morgan fingerprint density at radius 1 is 1.64 bits per heavy atom. The van der Waals surface area contributed by atoms with Crippen molar-refractivity contribution in [1.82, 2.24) is 9.88 Å². The van der Waals surface area contributed by atoms with Crippen molar-refractivity contribution in [2.75, 3.05) is 19.0 Å². The summed E-state index contributed by atoms with van der Waals surface area (Å²) in [6.07, 6.45) is 1.87. The summed E-state index contributed by atoms with van der Waals surface area (Å²) in [6, 6.07) is 0. The number of nitrogens with two attached hydrogens (primary N) is 1. The molecule has 0 aliphatic carbocycles. The molecule has 0 spiro atoms. The fourth-order valence-corrected chi connectivity index (χ4v) is 2.20. The van der Waals surface area contributed by atoms with Crippen LogP contribution in [0.4, 0.5) is 5.13 Å². The average Bonchev–Trinajstić information content (AvgIpc) is 2.50. The zero-order chi connectivity index (χ0) is 10.6. The molecular formula is C9H18N4S. The largest absolute Gasteiger partial charge is 0.301 e. The molecule has 1 aromatic rings. The number of nitrogens with zero attached hydrogens (tertiary/aromatic N) is 2. The Kier molecular flexibility index (Phi) is 4.31. The van der Waals surface area contributed by atoms with E-state index in [1.165, 1.54) is 4.88 Å². The number of aromatic nitrogens is 1. The van der Waals surface area contributed by atoms with Crippen molar-refractivity contribution in [3.63, 3.8) is 0 Å². The van der Waals surface area contributed by atoms with E-state index in [-0.39, 0.29) is 0 Å². The summed E-state index contributed by atoms with van der Waals surface area (Å²) in [7, 11) is 2.12. The summed E-state index contributed by atoms with van der Waals surface area (Å²) in [5.41, 5.74) is 2.55. The van der Waals surface area contributed by atoms with Crippen molar-refractivity contribution in [1.29, 1.82) is 0 Å². The highest BCUT2D eigenvalue weighted by atomic mass is 32.1. The molecule has 14 heavy (non-hydrogen) atoms. The summed E-state index contributed by atoms with van der Waals surface area (Å²) in [4.78, 5) is 7.65. The molecule has 0 amide bonds. The fourth-order valence-electron chi connectivity index (χ4n) is 1.40. The minimum atomic E-state index is 0.694. The highest BCUT2D eigenvalue weighted by Crippen LogP contribution is 2.18. The van der Waals surface area contributed by atoms with E-state index in [9.17, 15) is 0 Å². The van der Waals surface area contributed by atoms with E-state index >= 15 is 0 Å². The molecule has 3 N–H and O–H groups in total. The van der Waals surface area contributed by atoms with Gasteiger partial charge in [-0.2, -0.15) is 0 Å². The second-order valence-corrected chi connectivity index (χ2v) is 4.98. The lowest BCUT2D eigenvalue weighted by Gasteiger charge is -2.17. The molecule has 0 radical (unpaired) electrons. The molecule has 0 saturated heterocycles. The number of rotatable bonds is 5. The SMILES string of the molecule is CC(C)CN(C)Cc1cnc(NN)s1. The summed E-state index contributed by atoms with van der Waals surface area (Å²) >= 11 is 1.60. The Morgan fingerprint density at radius 3 is 2.86 bits per heavy atom. The fraction of sp³-hybridized carbons (Fsp3) is 0.667. The van der Waals surface area contributed by atoms with Gasteiger partial charge in [-0.1, -0.05) is 25.2 Å². The molecule has 0 unspecified atom stereocenters. The first-order valence-corrected chi connectivity index (χ1v) is 5.53. The van der Waals surface area contributed by atoms with Crippen LogP contribution in [0.2, 0.25) is 0 Å². The van der Waals surface area contributed by atoms with Gasteiger partial charge in [0.15, 0.2) is 5.13 Å². The van der Waals surface area contributed by atoms with Gasteiger partial charge in [0.2, 0.25) is 0 Å². The molecule has 0 atom stereocenters. The summed E-state index contributed by atoms with van der Waals surface area (Å²) in [5.74, 6) is 5.95. The number of hydrazine groups is 1. The van der Waals surface area contributed by atoms with E-state index in [2.05, 4.69) is 36.2 Å². The second kappa shape index (κ2) is 5.29. The third-order valence-electron chi connectivity index (χ3n) is 1.78. The number of nitrogens with one attached hydrogen (secondary N) is 1. The maximum Gasteiger partial charge on any atom is 0.197 e. The first kappa shape index (κ1) is 11.4. The van der Waals surface area contributed by atoms with Crippen molar-refractivity contribution < 1.29 is 0 Å². The Balaban J connectivity index is 2.43. The van der Waals surface area contributed by atoms with Gasteiger partial charge in [0.05, 0.1) is 0 Å². The van der Waals surface area contributed by atoms with Crippen LogP contribution in [-0.2, 0) is 6.54 Å². The van der Waals surface area contributed by atoms with Gasteiger partial charge < -0.3 is 4.90 Å². The molecule has 0 saturated carbocycles. The molecule has 1 heterocycles. The van der Waals surface area contributed by atoms with Gasteiger partial charge in [0.25, 0.3) is 0 Å². The van der Waals surface area contributed by atoms with Crippen LogP contribution in [0.5, 0.6) is 0 Å². The molecule has 80 valence electrons. The number of thiazole rings is 1. The predicted octanol–water partition coefficient (Wildman–Crippen LogP) is 1.52. The Morgan fingerprint density at radius 2 is 2.36 bits per heavy atom. The Hall–Kier alpha value is -0.650. The maximum atomic E-state index is 5.26. The first-order chi connectivity index (χ1) is 6.61. The van der Waals surface area contributed by atoms with Crippen molar-refractivity contribution >= 4 is 16.5 Å². The van der Waals surface area contributed by atoms with Crippen LogP contribution in [0.1, 0.15) is 18.7 Å². The number of nitrogen functional groups attached to an aromatic ring is 1. The standard InChI is InChI=1S/C9H18N4S/c1-7(2)5-13(3)6-8-4-11-9(12-10)14-8/h4,7H,5-6,10H2,1-3H3,(H,11,12). The summed E-state index contributed by atoms with van der Waals surface area (Å²) in [5, 5.41) is 0.776. The molecule has 0 aliphatic heterocycles. The van der Waals surface area contributed by atoms with Gasteiger partial charge in [-0.05, 0) is 13.0 Å². The number of hydrogen-bond donors (Lipinski definition) is 2. The van der Waals surface area contributed by atoms with Crippen LogP contribution in [0.15, 0.2) is 6.20 Å². The second-order valence-electron chi connectivity index (χ2n) is 3.87. The van der Waals surface area contributed by atoms with Crippen LogP contribution in [0.3, 0.4) is 0 Å². The van der Waals surface area contributed by atoms with Crippen molar-refractivity contribution in [2.45, 2.75) is 20.4 Å². The minimum Gasteiger partial charge on any atom is -0.301 e. The number of anilines is 1.